The van der Waals surface area contributed by atoms with Gasteiger partial charge in [0, 0.05) is 17.3 Å². The number of sulfonamides is 1. The normalized spacial score (nSPS) is 15.5. The van der Waals surface area contributed by atoms with E-state index in [2.05, 4.69) is 10.6 Å². The highest BCUT2D eigenvalue weighted by atomic mass is 32.2. The highest BCUT2D eigenvalue weighted by Gasteiger charge is 2.39. The number of furan rings is 1. The molecule has 3 rings (SSSR count). The van der Waals surface area contributed by atoms with Crippen molar-refractivity contribution in [2.45, 2.75) is 69.0 Å². The van der Waals surface area contributed by atoms with Crippen LogP contribution in [0.3, 0.4) is 0 Å². The highest BCUT2D eigenvalue weighted by molar-refractivity contribution is 7.89. The number of hydrogen-bond donors (Lipinski definition) is 3. The lowest BCUT2D eigenvalue weighted by atomic mass is 10.1. The minimum absolute atomic E-state index is 0.117. The van der Waals surface area contributed by atoms with Gasteiger partial charge in [-0.25, -0.2) is 13.6 Å². The average molecular weight is 491 g/mol. The molecule has 1 aliphatic rings. The molecule has 1 atom stereocenters. The zero-order valence-electron chi connectivity index (χ0n) is 19.4. The van der Waals surface area contributed by atoms with Gasteiger partial charge < -0.3 is 15.1 Å². The van der Waals surface area contributed by atoms with E-state index in [1.807, 2.05) is 0 Å². The van der Waals surface area contributed by atoms with Gasteiger partial charge in [0.05, 0.1) is 11.2 Å². The van der Waals surface area contributed by atoms with Gasteiger partial charge >= 0.3 is 11.8 Å². The zero-order chi connectivity index (χ0) is 25.1. The van der Waals surface area contributed by atoms with Crippen LogP contribution in [-0.2, 0) is 24.4 Å². The fraction of sp³-hybridized carbons (Fsp3) is 0.435. The Hall–Kier alpha value is -3.18. The van der Waals surface area contributed by atoms with Crippen LogP contribution in [0, 0.1) is 0 Å². The van der Waals surface area contributed by atoms with Gasteiger partial charge in [-0.2, -0.15) is 0 Å². The second-order valence-electron chi connectivity index (χ2n) is 9.33. The molecule has 0 spiro atoms. The second-order valence-corrected chi connectivity index (χ2v) is 10.9. The number of amides is 3. The summed E-state index contributed by atoms with van der Waals surface area (Å²) in [6, 6.07) is 6.71. The standard InChI is InChI=1S/C23H30N4O6S/c1-23(2,3)26-20(28)19(18-9-6-14-33-18)27(16-10-12-17(13-11-16)34(24,31)32)22(30)21(29)25-15-7-4-5-8-15/h6,9-15,19H,4-5,7-8H2,1-3H3,(H,25,29)(H,26,28)(H2,24,31,32). The largest absolute Gasteiger partial charge is 0.467 e. The van der Waals surface area contributed by atoms with Gasteiger partial charge in [0.1, 0.15) is 5.76 Å². The van der Waals surface area contributed by atoms with E-state index in [1.165, 1.54) is 36.6 Å². The summed E-state index contributed by atoms with van der Waals surface area (Å²) in [5.41, 5.74) is -0.510. The van der Waals surface area contributed by atoms with E-state index in [4.69, 9.17) is 9.56 Å². The summed E-state index contributed by atoms with van der Waals surface area (Å²) in [7, 11) is -3.98. The van der Waals surface area contributed by atoms with Gasteiger partial charge in [-0.15, -0.1) is 0 Å². The third kappa shape index (κ3) is 6.23. The third-order valence-corrected chi connectivity index (χ3v) is 6.29. The quantitative estimate of drug-likeness (QED) is 0.527. The lowest BCUT2D eigenvalue weighted by Gasteiger charge is -2.32. The number of hydrogen-bond acceptors (Lipinski definition) is 6. The molecular weight excluding hydrogens is 460 g/mol. The van der Waals surface area contributed by atoms with Crippen molar-refractivity contribution in [2.24, 2.45) is 5.14 Å². The lowest BCUT2D eigenvalue weighted by molar-refractivity contribution is -0.139. The molecule has 0 radical (unpaired) electrons. The van der Waals surface area contributed by atoms with Gasteiger partial charge in [-0.3, -0.25) is 19.3 Å². The van der Waals surface area contributed by atoms with E-state index in [1.54, 1.807) is 26.8 Å². The monoisotopic (exact) mass is 490 g/mol. The Labute approximate surface area is 198 Å². The molecule has 0 saturated heterocycles. The Kier molecular flexibility index (Phi) is 7.47. The molecule has 1 saturated carbocycles. The molecular formula is C23H30N4O6S. The lowest BCUT2D eigenvalue weighted by Crippen LogP contribution is -2.53. The van der Waals surface area contributed by atoms with Gasteiger partial charge in [-0.05, 0) is 70.0 Å². The van der Waals surface area contributed by atoms with Crippen LogP contribution >= 0.6 is 0 Å². The van der Waals surface area contributed by atoms with Gasteiger partial charge in [0.15, 0.2) is 6.04 Å². The van der Waals surface area contributed by atoms with E-state index >= 15 is 0 Å². The molecule has 4 N–H and O–H groups in total. The molecule has 0 aliphatic heterocycles. The first-order valence-corrected chi connectivity index (χ1v) is 12.5. The van der Waals surface area contributed by atoms with Crippen molar-refractivity contribution in [3.63, 3.8) is 0 Å². The molecule has 1 aliphatic carbocycles. The van der Waals surface area contributed by atoms with Gasteiger partial charge in [0.25, 0.3) is 5.91 Å². The maximum absolute atomic E-state index is 13.5. The fourth-order valence-electron chi connectivity index (χ4n) is 3.87. The van der Waals surface area contributed by atoms with Crippen LogP contribution in [0.4, 0.5) is 5.69 Å². The Morgan fingerprint density at radius 3 is 2.21 bits per heavy atom. The number of carbonyl (C=O) groups is 3. The second kappa shape index (κ2) is 9.98. The van der Waals surface area contributed by atoms with Crippen LogP contribution < -0.4 is 20.7 Å². The Morgan fingerprint density at radius 2 is 1.71 bits per heavy atom. The molecule has 1 fully saturated rings. The van der Waals surface area contributed by atoms with Crippen molar-refractivity contribution in [1.29, 1.82) is 0 Å². The van der Waals surface area contributed by atoms with Crippen molar-refractivity contribution in [3.8, 4) is 0 Å². The predicted octanol–water partition coefficient (Wildman–Crippen LogP) is 1.97. The van der Waals surface area contributed by atoms with E-state index in [9.17, 15) is 22.8 Å². The number of primary sulfonamides is 1. The van der Waals surface area contributed by atoms with Gasteiger partial charge in [0.2, 0.25) is 10.0 Å². The maximum Gasteiger partial charge on any atom is 0.317 e. The third-order valence-electron chi connectivity index (χ3n) is 5.36. The van der Waals surface area contributed by atoms with E-state index in [-0.39, 0.29) is 22.4 Å². The summed E-state index contributed by atoms with van der Waals surface area (Å²) < 4.78 is 28.9. The summed E-state index contributed by atoms with van der Waals surface area (Å²) in [4.78, 5) is 40.6. The van der Waals surface area contributed by atoms with Crippen molar-refractivity contribution in [1.82, 2.24) is 10.6 Å². The number of carbonyl (C=O) groups excluding carboxylic acids is 3. The SMILES string of the molecule is CC(C)(C)NC(=O)C(c1ccco1)N(C(=O)C(=O)NC1CCCC1)c1ccc(S(N)(=O)=O)cc1. The molecule has 3 amide bonds. The predicted molar refractivity (Wildman–Crippen MR) is 125 cm³/mol. The number of nitrogens with two attached hydrogens (primary N) is 1. The number of benzene rings is 1. The maximum atomic E-state index is 13.5. The Balaban J connectivity index is 2.06. The van der Waals surface area contributed by atoms with E-state index in [0.717, 1.165) is 30.6 Å². The molecule has 1 heterocycles. The van der Waals surface area contributed by atoms with Crippen LogP contribution in [0.15, 0.2) is 52.0 Å². The van der Waals surface area contributed by atoms with Crippen LogP contribution in [0.1, 0.15) is 58.3 Å². The summed E-state index contributed by atoms with van der Waals surface area (Å²) in [5, 5.41) is 10.7. The molecule has 1 aromatic heterocycles. The first-order valence-electron chi connectivity index (χ1n) is 11.0. The number of anilines is 1. The van der Waals surface area contributed by atoms with Crippen LogP contribution in [0.25, 0.3) is 0 Å². The molecule has 11 heteroatoms. The summed E-state index contributed by atoms with van der Waals surface area (Å²) >= 11 is 0. The zero-order valence-corrected chi connectivity index (χ0v) is 20.2. The first-order chi connectivity index (χ1) is 15.9. The van der Waals surface area contributed by atoms with E-state index in [0.29, 0.717) is 0 Å². The van der Waals surface area contributed by atoms with Gasteiger partial charge in [-0.1, -0.05) is 12.8 Å². The smallest absolute Gasteiger partial charge is 0.317 e. The van der Waals surface area contributed by atoms with Crippen LogP contribution in [0.2, 0.25) is 0 Å². The fourth-order valence-corrected chi connectivity index (χ4v) is 4.38. The number of nitrogens with one attached hydrogen (secondary N) is 2. The van der Waals surface area contributed by atoms with Crippen LogP contribution in [0.5, 0.6) is 0 Å². The summed E-state index contributed by atoms with van der Waals surface area (Å²) in [6.45, 7) is 5.35. The Bertz CT molecular complexity index is 1130. The molecule has 1 aromatic carbocycles. The molecule has 10 nitrogen and oxygen atoms in total. The van der Waals surface area contributed by atoms with Crippen molar-refractivity contribution < 1.29 is 27.2 Å². The van der Waals surface area contributed by atoms with Crippen molar-refractivity contribution in [2.75, 3.05) is 4.90 Å². The van der Waals surface area contributed by atoms with Crippen LogP contribution in [-0.4, -0.2) is 37.7 Å². The van der Waals surface area contributed by atoms with Crippen molar-refractivity contribution >= 4 is 33.4 Å². The molecule has 2 aromatic rings. The average Bonchev–Trinajstić information content (AvgIpc) is 3.43. The minimum atomic E-state index is -3.98. The highest BCUT2D eigenvalue weighted by Crippen LogP contribution is 2.30. The molecule has 184 valence electrons. The number of rotatable bonds is 6. The Morgan fingerprint density at radius 1 is 1.09 bits per heavy atom. The summed E-state index contributed by atoms with van der Waals surface area (Å²) in [5.74, 6) is -2.26. The summed E-state index contributed by atoms with van der Waals surface area (Å²) in [6.07, 6.45) is 4.82. The molecule has 1 unspecified atom stereocenters. The topological polar surface area (TPSA) is 152 Å². The first kappa shape index (κ1) is 25.4. The molecule has 34 heavy (non-hydrogen) atoms. The van der Waals surface area contributed by atoms with Crippen molar-refractivity contribution in [3.05, 3.63) is 48.4 Å². The van der Waals surface area contributed by atoms with E-state index < -0.39 is 39.3 Å². The minimum Gasteiger partial charge on any atom is -0.467 e. The number of nitrogens with zero attached hydrogens (tertiary/aromatic N) is 1. The molecule has 0 bridgehead atoms.